The van der Waals surface area contributed by atoms with Crippen LogP contribution >= 0.6 is 0 Å². The highest BCUT2D eigenvalue weighted by molar-refractivity contribution is 6.06. The van der Waals surface area contributed by atoms with Crippen LogP contribution in [0, 0.1) is 5.82 Å². The molecule has 0 aliphatic heterocycles. The van der Waals surface area contributed by atoms with Crippen molar-refractivity contribution in [1.82, 2.24) is 9.88 Å². The van der Waals surface area contributed by atoms with Gasteiger partial charge in [-0.1, -0.05) is 48.5 Å². The van der Waals surface area contributed by atoms with E-state index in [1.54, 1.807) is 18.2 Å². The zero-order chi connectivity index (χ0) is 27.4. The highest BCUT2D eigenvalue weighted by atomic mass is 19.1. The lowest BCUT2D eigenvalue weighted by Gasteiger charge is -2.17. The summed E-state index contributed by atoms with van der Waals surface area (Å²) < 4.78 is 15.8. The first-order valence-corrected chi connectivity index (χ1v) is 12.8. The van der Waals surface area contributed by atoms with Gasteiger partial charge < -0.3 is 25.2 Å². The number of hydrogen-bond acceptors (Lipinski definition) is 4. The summed E-state index contributed by atoms with van der Waals surface area (Å²) in [5.41, 5.74) is 4.03. The van der Waals surface area contributed by atoms with Gasteiger partial charge in [-0.25, -0.2) is 4.39 Å². The van der Waals surface area contributed by atoms with Crippen molar-refractivity contribution in [3.63, 3.8) is 0 Å². The standard InChI is InChI=1S/C30H33FN2O5/c1-18(2)33-25(15-14-23(34)16-24(35)17-26(36)37)27(20-8-10-21(31)11-9-20)28(19-6-4-3-5-7-19)29(33)30(38)32-22-12-13-22/h3-11,14-15,18,22-24,34-35H,12-13,16-17H2,1-2H3,(H,32,38)(H,36,37). The van der Waals surface area contributed by atoms with Gasteiger partial charge in [0, 0.05) is 35.3 Å². The summed E-state index contributed by atoms with van der Waals surface area (Å²) in [5.74, 6) is -1.75. The van der Waals surface area contributed by atoms with E-state index in [9.17, 15) is 24.2 Å². The van der Waals surface area contributed by atoms with E-state index in [4.69, 9.17) is 5.11 Å². The number of amides is 1. The second kappa shape index (κ2) is 11.8. The van der Waals surface area contributed by atoms with Gasteiger partial charge in [0.15, 0.2) is 0 Å². The van der Waals surface area contributed by atoms with Crippen molar-refractivity contribution >= 4 is 18.0 Å². The van der Waals surface area contributed by atoms with E-state index in [1.165, 1.54) is 18.2 Å². The monoisotopic (exact) mass is 520 g/mol. The molecule has 3 aromatic rings. The Hall–Kier alpha value is -3.75. The Morgan fingerprint density at radius 1 is 1.03 bits per heavy atom. The van der Waals surface area contributed by atoms with E-state index in [0.29, 0.717) is 28.1 Å². The lowest BCUT2D eigenvalue weighted by molar-refractivity contribution is -0.139. The molecule has 2 unspecified atom stereocenters. The number of benzene rings is 2. The highest BCUT2D eigenvalue weighted by Crippen LogP contribution is 2.42. The molecular formula is C30H33FN2O5. The maximum Gasteiger partial charge on any atom is 0.305 e. The number of halogens is 1. The van der Waals surface area contributed by atoms with Crippen molar-refractivity contribution in [3.05, 3.63) is 77.9 Å². The second-order valence-corrected chi connectivity index (χ2v) is 9.98. The molecule has 0 radical (unpaired) electrons. The van der Waals surface area contributed by atoms with Gasteiger partial charge in [0.05, 0.1) is 18.6 Å². The van der Waals surface area contributed by atoms with Crippen LogP contribution in [-0.4, -0.2) is 50.0 Å². The molecule has 1 heterocycles. The van der Waals surface area contributed by atoms with Gasteiger partial charge in [0.25, 0.3) is 5.91 Å². The summed E-state index contributed by atoms with van der Waals surface area (Å²) in [6.45, 7) is 3.92. The molecule has 0 bridgehead atoms. The molecule has 1 aliphatic rings. The first-order chi connectivity index (χ1) is 18.2. The molecule has 4 rings (SSSR count). The second-order valence-electron chi connectivity index (χ2n) is 9.98. The maximum atomic E-state index is 13.9. The first kappa shape index (κ1) is 27.3. The van der Waals surface area contributed by atoms with Crippen LogP contribution in [-0.2, 0) is 4.79 Å². The summed E-state index contributed by atoms with van der Waals surface area (Å²) in [4.78, 5) is 24.6. The molecule has 2 aromatic carbocycles. The van der Waals surface area contributed by atoms with Crippen LogP contribution in [0.15, 0.2) is 60.7 Å². The van der Waals surface area contributed by atoms with Crippen molar-refractivity contribution in [2.45, 2.75) is 63.8 Å². The Bertz CT molecular complexity index is 1310. The molecule has 1 saturated carbocycles. The number of carboxylic acid groups (broad SMARTS) is 1. The van der Waals surface area contributed by atoms with Crippen molar-refractivity contribution in [2.24, 2.45) is 0 Å². The van der Waals surface area contributed by atoms with E-state index in [1.807, 2.05) is 48.7 Å². The predicted octanol–water partition coefficient (Wildman–Crippen LogP) is 5.03. The van der Waals surface area contributed by atoms with Gasteiger partial charge in [0.1, 0.15) is 11.5 Å². The van der Waals surface area contributed by atoms with Gasteiger partial charge in [-0.15, -0.1) is 0 Å². The Kier molecular flexibility index (Phi) is 8.44. The molecule has 38 heavy (non-hydrogen) atoms. The molecule has 4 N–H and O–H groups in total. The van der Waals surface area contributed by atoms with Crippen molar-refractivity contribution in [1.29, 1.82) is 0 Å². The lowest BCUT2D eigenvalue weighted by Crippen LogP contribution is -2.29. The van der Waals surface area contributed by atoms with Crippen molar-refractivity contribution in [2.75, 3.05) is 0 Å². The quantitative estimate of drug-likeness (QED) is 0.283. The number of hydrogen-bond donors (Lipinski definition) is 4. The number of carbonyl (C=O) groups is 2. The zero-order valence-electron chi connectivity index (χ0n) is 21.5. The smallest absolute Gasteiger partial charge is 0.305 e. The van der Waals surface area contributed by atoms with E-state index < -0.39 is 24.6 Å². The summed E-state index contributed by atoms with van der Waals surface area (Å²) in [6, 6.07) is 15.6. The molecule has 0 spiro atoms. The molecule has 1 amide bonds. The molecular weight excluding hydrogens is 487 g/mol. The van der Waals surface area contributed by atoms with Gasteiger partial charge in [-0.3, -0.25) is 9.59 Å². The molecule has 1 aromatic heterocycles. The lowest BCUT2D eigenvalue weighted by atomic mass is 9.94. The number of aromatic nitrogens is 1. The minimum atomic E-state index is -1.21. The normalized spacial score (nSPS) is 15.1. The molecule has 1 aliphatic carbocycles. The number of rotatable bonds is 11. The Morgan fingerprint density at radius 3 is 2.24 bits per heavy atom. The number of aliphatic hydroxyl groups is 2. The van der Waals surface area contributed by atoms with Crippen LogP contribution in [0.2, 0.25) is 0 Å². The summed E-state index contributed by atoms with van der Waals surface area (Å²) in [5, 5.41) is 32.6. The number of carbonyl (C=O) groups excluding carboxylic acids is 1. The predicted molar refractivity (Wildman–Crippen MR) is 144 cm³/mol. The van der Waals surface area contributed by atoms with Crippen molar-refractivity contribution in [3.8, 4) is 22.3 Å². The van der Waals surface area contributed by atoms with Crippen LogP contribution in [0.1, 0.15) is 61.8 Å². The molecule has 200 valence electrons. The fourth-order valence-corrected chi connectivity index (χ4v) is 4.65. The van der Waals surface area contributed by atoms with Crippen molar-refractivity contribution < 1.29 is 29.3 Å². The van der Waals surface area contributed by atoms with Crippen LogP contribution in [0.25, 0.3) is 28.3 Å². The third kappa shape index (κ3) is 6.38. The first-order valence-electron chi connectivity index (χ1n) is 12.8. The SMILES string of the molecule is CC(C)n1c(C=CC(O)CC(O)CC(=O)O)c(-c2ccc(F)cc2)c(-c2ccccc2)c1C(=O)NC1CC1. The Balaban J connectivity index is 1.93. The van der Waals surface area contributed by atoms with E-state index in [2.05, 4.69) is 5.32 Å². The third-order valence-electron chi connectivity index (χ3n) is 6.48. The number of carboxylic acids is 1. The van der Waals surface area contributed by atoms with E-state index >= 15 is 0 Å². The highest BCUT2D eigenvalue weighted by Gasteiger charge is 2.32. The maximum absolute atomic E-state index is 13.9. The fraction of sp³-hybridized carbons (Fsp3) is 0.333. The van der Waals surface area contributed by atoms with Gasteiger partial charge in [0.2, 0.25) is 0 Å². The molecule has 0 saturated heterocycles. The summed E-state index contributed by atoms with van der Waals surface area (Å²) in [6.07, 6.45) is 2.08. The number of aliphatic hydroxyl groups excluding tert-OH is 2. The molecule has 7 nitrogen and oxygen atoms in total. The topological polar surface area (TPSA) is 112 Å². The van der Waals surface area contributed by atoms with Crippen LogP contribution < -0.4 is 5.32 Å². The fourth-order valence-electron chi connectivity index (χ4n) is 4.65. The average Bonchev–Trinajstić information content (AvgIpc) is 3.60. The largest absolute Gasteiger partial charge is 0.481 e. The third-order valence-corrected chi connectivity index (χ3v) is 6.48. The minimum Gasteiger partial charge on any atom is -0.481 e. The van der Waals surface area contributed by atoms with Gasteiger partial charge in [-0.2, -0.15) is 0 Å². The van der Waals surface area contributed by atoms with Crippen LogP contribution in [0.3, 0.4) is 0 Å². The van der Waals surface area contributed by atoms with Crippen LogP contribution in [0.5, 0.6) is 0 Å². The number of nitrogens with zero attached hydrogens (tertiary/aromatic N) is 1. The molecule has 1 fully saturated rings. The average molecular weight is 521 g/mol. The van der Waals surface area contributed by atoms with Crippen LogP contribution in [0.4, 0.5) is 4.39 Å². The van der Waals surface area contributed by atoms with E-state index in [0.717, 1.165) is 18.4 Å². The summed E-state index contributed by atoms with van der Waals surface area (Å²) >= 11 is 0. The molecule has 8 heteroatoms. The summed E-state index contributed by atoms with van der Waals surface area (Å²) in [7, 11) is 0. The van der Waals surface area contributed by atoms with E-state index in [-0.39, 0.29) is 30.2 Å². The Labute approximate surface area is 221 Å². The minimum absolute atomic E-state index is 0.132. The van der Waals surface area contributed by atoms with Gasteiger partial charge >= 0.3 is 5.97 Å². The number of aliphatic carboxylic acids is 1. The number of nitrogens with one attached hydrogen (secondary N) is 1. The van der Waals surface area contributed by atoms with Gasteiger partial charge in [-0.05, 0) is 56.0 Å². The zero-order valence-corrected chi connectivity index (χ0v) is 21.5. The molecule has 2 atom stereocenters. The Morgan fingerprint density at radius 2 is 1.66 bits per heavy atom.